The number of carbonyl (C=O) groups is 1. The first-order valence-corrected chi connectivity index (χ1v) is 9.96. The van der Waals surface area contributed by atoms with E-state index in [1.54, 1.807) is 11.3 Å². The van der Waals surface area contributed by atoms with E-state index in [9.17, 15) is 4.79 Å². The third-order valence-corrected chi connectivity index (χ3v) is 6.22. The zero-order chi connectivity index (χ0) is 18.4. The van der Waals surface area contributed by atoms with Gasteiger partial charge in [-0.1, -0.05) is 47.2 Å². The summed E-state index contributed by atoms with van der Waals surface area (Å²) in [4.78, 5) is 21.5. The molecule has 0 atom stereocenters. The Morgan fingerprint density at radius 1 is 1.07 bits per heavy atom. The molecule has 1 saturated heterocycles. The van der Waals surface area contributed by atoms with Crippen LogP contribution in [0.15, 0.2) is 52.9 Å². The van der Waals surface area contributed by atoms with Gasteiger partial charge in [0.25, 0.3) is 5.91 Å². The van der Waals surface area contributed by atoms with Crippen LogP contribution in [0.5, 0.6) is 0 Å². The highest BCUT2D eigenvalue weighted by Gasteiger charge is 2.26. The molecule has 27 heavy (non-hydrogen) atoms. The molecule has 2 aromatic heterocycles. The second-order valence-corrected chi connectivity index (χ2v) is 7.93. The van der Waals surface area contributed by atoms with Crippen molar-refractivity contribution >= 4 is 55.2 Å². The zero-order valence-electron chi connectivity index (χ0n) is 14.4. The van der Waals surface area contributed by atoms with E-state index in [1.165, 1.54) is 0 Å². The number of anilines is 1. The minimum Gasteiger partial charge on any atom is -0.451 e. The summed E-state index contributed by atoms with van der Waals surface area (Å²) in [6.45, 7) is 2.76. The summed E-state index contributed by atoms with van der Waals surface area (Å²) in [6.07, 6.45) is 0. The number of aromatic nitrogens is 1. The van der Waals surface area contributed by atoms with Crippen molar-refractivity contribution < 1.29 is 9.21 Å². The van der Waals surface area contributed by atoms with Crippen LogP contribution in [0.2, 0.25) is 5.02 Å². The molecule has 0 aliphatic carbocycles. The minimum atomic E-state index is -0.0572. The van der Waals surface area contributed by atoms with Crippen molar-refractivity contribution in [3.8, 4) is 0 Å². The van der Waals surface area contributed by atoms with Crippen LogP contribution in [0.1, 0.15) is 10.6 Å². The lowest BCUT2D eigenvalue weighted by Crippen LogP contribution is -2.48. The second-order valence-electron chi connectivity index (χ2n) is 6.51. The van der Waals surface area contributed by atoms with Crippen molar-refractivity contribution in [3.05, 3.63) is 59.3 Å². The lowest BCUT2D eigenvalue weighted by molar-refractivity contribution is 0.0717. The molecule has 0 spiro atoms. The monoisotopic (exact) mass is 397 g/mol. The topological polar surface area (TPSA) is 49.6 Å². The number of para-hydroxylation sites is 2. The third-order valence-electron chi connectivity index (χ3n) is 4.83. The molecule has 5 rings (SSSR count). The van der Waals surface area contributed by atoms with Gasteiger partial charge < -0.3 is 14.2 Å². The van der Waals surface area contributed by atoms with Crippen LogP contribution in [0.4, 0.5) is 5.13 Å². The SMILES string of the molecule is O=C(c1cc2ccccc2o1)N1CCN(c2nc3c(Cl)cccc3s2)CC1. The van der Waals surface area contributed by atoms with Crippen molar-refractivity contribution in [2.45, 2.75) is 0 Å². The Balaban J connectivity index is 1.31. The van der Waals surface area contributed by atoms with Crippen LogP contribution >= 0.6 is 22.9 Å². The molecule has 5 nitrogen and oxygen atoms in total. The van der Waals surface area contributed by atoms with E-state index < -0.39 is 0 Å². The summed E-state index contributed by atoms with van der Waals surface area (Å²) in [5.74, 6) is 0.342. The smallest absolute Gasteiger partial charge is 0.289 e. The summed E-state index contributed by atoms with van der Waals surface area (Å²) in [7, 11) is 0. The van der Waals surface area contributed by atoms with Gasteiger partial charge in [-0.05, 0) is 24.3 Å². The molecule has 1 aliphatic rings. The lowest BCUT2D eigenvalue weighted by atomic mass is 10.2. The maximum Gasteiger partial charge on any atom is 0.289 e. The number of hydrogen-bond donors (Lipinski definition) is 0. The van der Waals surface area contributed by atoms with Crippen LogP contribution in [-0.4, -0.2) is 42.0 Å². The number of benzene rings is 2. The number of furan rings is 1. The van der Waals surface area contributed by atoms with Crippen molar-refractivity contribution in [3.63, 3.8) is 0 Å². The van der Waals surface area contributed by atoms with Crippen molar-refractivity contribution in [1.82, 2.24) is 9.88 Å². The largest absolute Gasteiger partial charge is 0.451 e. The standard InChI is InChI=1S/C20H16ClN3O2S/c21-14-5-3-7-17-18(14)22-20(27-17)24-10-8-23(9-11-24)19(25)16-12-13-4-1-2-6-15(13)26-16/h1-7,12H,8-11H2. The Labute approximate surface area is 164 Å². The Morgan fingerprint density at radius 3 is 2.67 bits per heavy atom. The number of rotatable bonds is 2. The predicted octanol–water partition coefficient (Wildman–Crippen LogP) is 4.66. The Bertz CT molecular complexity index is 1110. The molecule has 0 N–H and O–H groups in total. The van der Waals surface area contributed by atoms with Gasteiger partial charge in [-0.3, -0.25) is 4.79 Å². The van der Waals surface area contributed by atoms with E-state index in [0.717, 1.165) is 39.4 Å². The van der Waals surface area contributed by atoms with E-state index in [1.807, 2.05) is 53.4 Å². The third kappa shape index (κ3) is 2.95. The molecule has 1 amide bonds. The Kier molecular flexibility index (Phi) is 4.02. The molecule has 7 heteroatoms. The van der Waals surface area contributed by atoms with Crippen LogP contribution in [0.3, 0.4) is 0 Å². The molecule has 136 valence electrons. The Hall–Kier alpha value is -2.57. The molecule has 3 heterocycles. The molecule has 4 aromatic rings. The first kappa shape index (κ1) is 16.6. The fourth-order valence-corrected chi connectivity index (χ4v) is 4.70. The second kappa shape index (κ2) is 6.55. The summed E-state index contributed by atoms with van der Waals surface area (Å²) >= 11 is 7.87. The van der Waals surface area contributed by atoms with Gasteiger partial charge in [0.1, 0.15) is 11.1 Å². The fraction of sp³-hybridized carbons (Fsp3) is 0.200. The number of amides is 1. The van der Waals surface area contributed by atoms with Gasteiger partial charge in [0.05, 0.1) is 9.72 Å². The van der Waals surface area contributed by atoms with Gasteiger partial charge in [0.15, 0.2) is 10.9 Å². The maximum atomic E-state index is 12.8. The molecule has 0 radical (unpaired) electrons. The number of fused-ring (bicyclic) bond motifs is 2. The number of piperazine rings is 1. The van der Waals surface area contributed by atoms with E-state index >= 15 is 0 Å². The molecule has 0 saturated carbocycles. The summed E-state index contributed by atoms with van der Waals surface area (Å²) in [6, 6.07) is 15.3. The fourth-order valence-electron chi connectivity index (χ4n) is 3.38. The highest BCUT2D eigenvalue weighted by Crippen LogP contribution is 2.33. The maximum absolute atomic E-state index is 12.8. The summed E-state index contributed by atoms with van der Waals surface area (Å²) in [5, 5.41) is 2.58. The van der Waals surface area contributed by atoms with Gasteiger partial charge >= 0.3 is 0 Å². The molecular formula is C20H16ClN3O2S. The van der Waals surface area contributed by atoms with Crippen LogP contribution in [0.25, 0.3) is 21.2 Å². The normalized spacial score (nSPS) is 15.0. The highest BCUT2D eigenvalue weighted by atomic mass is 35.5. The van der Waals surface area contributed by atoms with Gasteiger partial charge in [0, 0.05) is 31.6 Å². The quantitative estimate of drug-likeness (QED) is 0.493. The first-order chi connectivity index (χ1) is 13.2. The number of halogens is 1. The number of nitrogens with zero attached hydrogens (tertiary/aromatic N) is 3. The lowest BCUT2D eigenvalue weighted by Gasteiger charge is -2.34. The number of hydrogen-bond acceptors (Lipinski definition) is 5. The zero-order valence-corrected chi connectivity index (χ0v) is 16.0. The van der Waals surface area contributed by atoms with Crippen LogP contribution in [0, 0.1) is 0 Å². The number of carbonyl (C=O) groups excluding carboxylic acids is 1. The Morgan fingerprint density at radius 2 is 1.89 bits per heavy atom. The van der Waals surface area contributed by atoms with E-state index in [-0.39, 0.29) is 5.91 Å². The van der Waals surface area contributed by atoms with Crippen molar-refractivity contribution in [1.29, 1.82) is 0 Å². The van der Waals surface area contributed by atoms with E-state index in [0.29, 0.717) is 23.9 Å². The molecule has 0 bridgehead atoms. The molecular weight excluding hydrogens is 382 g/mol. The molecule has 1 aliphatic heterocycles. The molecule has 2 aromatic carbocycles. The van der Waals surface area contributed by atoms with E-state index in [2.05, 4.69) is 9.88 Å². The van der Waals surface area contributed by atoms with Gasteiger partial charge in [-0.2, -0.15) is 0 Å². The number of thiazole rings is 1. The van der Waals surface area contributed by atoms with Gasteiger partial charge in [-0.15, -0.1) is 0 Å². The average Bonchev–Trinajstić information content (AvgIpc) is 3.32. The minimum absolute atomic E-state index is 0.0572. The first-order valence-electron chi connectivity index (χ1n) is 8.77. The summed E-state index contributed by atoms with van der Waals surface area (Å²) < 4.78 is 6.80. The predicted molar refractivity (Wildman–Crippen MR) is 109 cm³/mol. The molecule has 0 unspecified atom stereocenters. The molecule has 1 fully saturated rings. The average molecular weight is 398 g/mol. The van der Waals surface area contributed by atoms with Gasteiger partial charge in [-0.25, -0.2) is 4.98 Å². The van der Waals surface area contributed by atoms with Crippen LogP contribution in [-0.2, 0) is 0 Å². The van der Waals surface area contributed by atoms with Gasteiger partial charge in [0.2, 0.25) is 0 Å². The van der Waals surface area contributed by atoms with Crippen molar-refractivity contribution in [2.24, 2.45) is 0 Å². The van der Waals surface area contributed by atoms with Crippen molar-refractivity contribution in [2.75, 3.05) is 31.1 Å². The van der Waals surface area contributed by atoms with Crippen LogP contribution < -0.4 is 4.90 Å². The van der Waals surface area contributed by atoms with E-state index in [4.69, 9.17) is 16.0 Å². The summed E-state index contributed by atoms with van der Waals surface area (Å²) in [5.41, 5.74) is 1.59. The highest BCUT2D eigenvalue weighted by molar-refractivity contribution is 7.22.